The first kappa shape index (κ1) is 33.2. The first-order valence-electron chi connectivity index (χ1n) is 7.75. The second kappa shape index (κ2) is 14.7. The summed E-state index contributed by atoms with van der Waals surface area (Å²) < 4.78 is 2.45. The van der Waals surface area contributed by atoms with Crippen LogP contribution in [0.25, 0.3) is 5.57 Å². The number of hydrogen-bond acceptors (Lipinski definition) is 3. The maximum absolute atomic E-state index is 12.2. The van der Waals surface area contributed by atoms with Gasteiger partial charge in [-0.2, -0.15) is 0 Å². The number of rotatable bonds is 3. The maximum Gasteiger partial charge on any atom is 0 e. The molecule has 0 aromatic heterocycles. The fraction of sp³-hybridized carbons (Fsp3) is 0. The van der Waals surface area contributed by atoms with Crippen LogP contribution in [0.5, 0.6) is 5.75 Å². The Kier molecular flexibility index (Phi) is 15.8. The number of aromatic carboxylic acids is 1. The molecule has 31 heavy (non-hydrogen) atoms. The molecule has 1 aliphatic rings. The summed E-state index contributed by atoms with van der Waals surface area (Å²) in [6, 6.07) is 10.4. The summed E-state index contributed by atoms with van der Waals surface area (Å²) in [6.45, 7) is 0. The normalized spacial score (nSPS) is 12.5. The molecule has 0 radical (unpaired) electrons. The Morgan fingerprint density at radius 3 is 1.74 bits per heavy atom. The Labute approximate surface area is 293 Å². The summed E-state index contributed by atoms with van der Waals surface area (Å²) in [5, 5.41) is 19.9. The van der Waals surface area contributed by atoms with Crippen molar-refractivity contribution in [2.45, 2.75) is 0 Å². The van der Waals surface area contributed by atoms with E-state index in [-0.39, 0.29) is 97.9 Å². The van der Waals surface area contributed by atoms with Gasteiger partial charge in [0.1, 0.15) is 5.75 Å². The summed E-state index contributed by atoms with van der Waals surface area (Å²) in [5.74, 6) is -0.887. The molecule has 0 heterocycles. The van der Waals surface area contributed by atoms with Gasteiger partial charge in [-0.25, -0.2) is 4.79 Å². The fourth-order valence-electron chi connectivity index (χ4n) is 2.78. The number of carboxylic acids is 1. The van der Waals surface area contributed by atoms with Gasteiger partial charge in [-0.05, 0) is 143 Å². The Bertz CT molecular complexity index is 1080. The third-order valence-corrected chi connectivity index (χ3v) is 7.27. The number of carbonyl (C=O) groups is 2. The van der Waals surface area contributed by atoms with E-state index in [0.29, 0.717) is 25.4 Å². The number of Topliss-reactive ketones (excluding diaryl/α,β-unsaturated/α-hetero) is 1. The smallest absolute Gasteiger partial charge is 0 e. The van der Waals surface area contributed by atoms with Crippen molar-refractivity contribution >= 4 is 167 Å². The van der Waals surface area contributed by atoms with Crippen LogP contribution >= 0.6 is 90.4 Å². The molecule has 0 aliphatic heterocycles. The quantitative estimate of drug-likeness (QED) is 0.336. The molecular weight excluding hydrogens is 906 g/mol. The molecule has 2 aromatic rings. The number of benzene rings is 2. The molecule has 150 valence electrons. The largest absolute Gasteiger partial charge is 0 e. The Morgan fingerprint density at radius 2 is 1.29 bits per heavy atom. The predicted octanol–water partition coefficient (Wildman–Crippen LogP) is 5.02. The monoisotopic (exact) mass is 918 g/mol. The number of carbonyl (C=O) groups excluding carboxylic acids is 1. The molecule has 0 amide bonds. The Morgan fingerprint density at radius 1 is 0.839 bits per heavy atom. The number of aromatic hydroxyl groups is 1. The van der Waals surface area contributed by atoms with E-state index in [0.717, 1.165) is 11.1 Å². The van der Waals surface area contributed by atoms with Crippen molar-refractivity contribution in [2.24, 2.45) is 0 Å². The standard InChI is InChI=1S/C20H10I4O4.2Na.Ti.2H/c21-13-5-9(6-14(22)18(13)25)17(10-7-15(23)19(26)16(24)8-10)11-3-1-2-4-12(11)20(27)28;;;;;/h1-8,25H,(H,27,28);;;;;. The van der Waals surface area contributed by atoms with Gasteiger partial charge in [-0.3, -0.25) is 4.79 Å². The van der Waals surface area contributed by atoms with Crippen LogP contribution in [0.3, 0.4) is 0 Å². The first-order chi connectivity index (χ1) is 13.2. The van der Waals surface area contributed by atoms with Crippen LogP contribution in [-0.2, 0) is 26.5 Å². The van der Waals surface area contributed by atoms with Gasteiger partial charge >= 0.3 is 65.1 Å². The molecule has 0 atom stereocenters. The van der Waals surface area contributed by atoms with E-state index < -0.39 is 5.97 Å². The van der Waals surface area contributed by atoms with Crippen molar-refractivity contribution in [3.05, 3.63) is 85.1 Å². The van der Waals surface area contributed by atoms with E-state index in [1.54, 1.807) is 36.4 Å². The molecule has 0 saturated carbocycles. The van der Waals surface area contributed by atoms with Crippen molar-refractivity contribution < 1.29 is 41.5 Å². The van der Waals surface area contributed by atoms with Crippen molar-refractivity contribution in [1.29, 1.82) is 0 Å². The second-order valence-corrected chi connectivity index (χ2v) is 10.4. The minimum absolute atomic E-state index is 0. The molecule has 11 heteroatoms. The van der Waals surface area contributed by atoms with E-state index in [4.69, 9.17) is 0 Å². The van der Waals surface area contributed by atoms with E-state index in [2.05, 4.69) is 45.2 Å². The van der Waals surface area contributed by atoms with E-state index in [1.165, 1.54) is 0 Å². The number of halogens is 4. The van der Waals surface area contributed by atoms with Gasteiger partial charge in [0.25, 0.3) is 0 Å². The van der Waals surface area contributed by atoms with Gasteiger partial charge in [0.15, 0.2) is 0 Å². The van der Waals surface area contributed by atoms with Crippen molar-refractivity contribution in [2.75, 3.05) is 0 Å². The first-order valence-corrected chi connectivity index (χ1v) is 12.1. The van der Waals surface area contributed by atoms with Crippen LogP contribution in [0.1, 0.15) is 21.5 Å². The van der Waals surface area contributed by atoms with Crippen LogP contribution in [0.2, 0.25) is 0 Å². The number of carboxylic acid groups (broad SMARTS) is 1. The second-order valence-electron chi connectivity index (χ2n) is 5.78. The van der Waals surface area contributed by atoms with Crippen LogP contribution in [0.15, 0.2) is 61.3 Å². The molecule has 2 aromatic carbocycles. The van der Waals surface area contributed by atoms with Gasteiger partial charge in [0.05, 0.1) is 19.9 Å². The summed E-state index contributed by atoms with van der Waals surface area (Å²) >= 11 is 8.10. The minimum atomic E-state index is -1.03. The number of phenols is 1. The van der Waals surface area contributed by atoms with E-state index in [1.807, 2.05) is 57.3 Å². The van der Waals surface area contributed by atoms with Gasteiger partial charge < -0.3 is 10.2 Å². The van der Waals surface area contributed by atoms with Crippen molar-refractivity contribution in [1.82, 2.24) is 0 Å². The fourth-order valence-corrected chi connectivity index (χ4v) is 6.32. The zero-order valence-electron chi connectivity index (χ0n) is 14.3. The minimum Gasteiger partial charge on any atom is 0 e. The Hall–Kier alpha value is 2.23. The molecule has 0 fully saturated rings. The van der Waals surface area contributed by atoms with Gasteiger partial charge in [0, 0.05) is 21.7 Å². The average Bonchev–Trinajstić information content (AvgIpc) is 2.64. The summed E-state index contributed by atoms with van der Waals surface area (Å²) in [5.41, 5.74) is 2.94. The molecule has 3 rings (SSSR count). The summed E-state index contributed by atoms with van der Waals surface area (Å²) in [4.78, 5) is 24.0. The molecular formula is C20H12I4Na2O4Ti. The zero-order valence-corrected chi connectivity index (χ0v) is 24.5. The number of ketones is 1. The van der Waals surface area contributed by atoms with Crippen LogP contribution in [0, 0.1) is 7.14 Å². The number of hydrogen-bond donors (Lipinski definition) is 2. The Balaban J connectivity index is 0.00000300. The van der Waals surface area contributed by atoms with E-state index >= 15 is 0 Å². The van der Waals surface area contributed by atoms with Crippen molar-refractivity contribution in [3.8, 4) is 5.75 Å². The predicted molar refractivity (Wildman–Crippen MR) is 156 cm³/mol. The molecule has 0 spiro atoms. The molecule has 4 nitrogen and oxygen atoms in total. The topological polar surface area (TPSA) is 74.6 Å². The summed E-state index contributed by atoms with van der Waals surface area (Å²) in [6.07, 6.45) is 3.54. The maximum atomic E-state index is 12.2. The average molecular weight is 918 g/mol. The van der Waals surface area contributed by atoms with Gasteiger partial charge in [0.2, 0.25) is 5.78 Å². The van der Waals surface area contributed by atoms with Crippen LogP contribution in [-0.4, -0.2) is 81.1 Å². The number of allylic oxidation sites excluding steroid dienone is 5. The van der Waals surface area contributed by atoms with Gasteiger partial charge in [-0.1, -0.05) is 18.2 Å². The summed E-state index contributed by atoms with van der Waals surface area (Å²) in [7, 11) is 0. The van der Waals surface area contributed by atoms with Crippen LogP contribution < -0.4 is 0 Å². The van der Waals surface area contributed by atoms with Gasteiger partial charge in [-0.15, -0.1) is 0 Å². The van der Waals surface area contributed by atoms with E-state index in [9.17, 15) is 19.8 Å². The third-order valence-electron chi connectivity index (χ3n) is 4.02. The molecule has 2 N–H and O–H groups in total. The van der Waals surface area contributed by atoms with Crippen molar-refractivity contribution in [3.63, 3.8) is 0 Å². The molecule has 0 bridgehead atoms. The number of phenolic OH excluding ortho intramolecular Hbond substituents is 1. The van der Waals surface area contributed by atoms with Crippen LogP contribution in [0.4, 0.5) is 0 Å². The zero-order chi connectivity index (χ0) is 20.6. The molecule has 1 aliphatic carbocycles. The SMILES string of the molecule is O=C1C(I)=CC(=C(c2cc(I)c(O)c(I)c2)c2ccccc2C(=O)O)C=C1I.[NaH].[NaH].[Ti]. The molecule has 0 saturated heterocycles. The molecule has 0 unspecified atom stereocenters. The third kappa shape index (κ3) is 7.86.